The lowest BCUT2D eigenvalue weighted by Gasteiger charge is -2.18. The van der Waals surface area contributed by atoms with Gasteiger partial charge in [-0.2, -0.15) is 0 Å². The first kappa shape index (κ1) is 14.2. The summed E-state index contributed by atoms with van der Waals surface area (Å²) in [5.74, 6) is -2.43. The molecular formula is C10H14F2N2O4S. The van der Waals surface area contributed by atoms with Gasteiger partial charge in [0.25, 0.3) is 5.91 Å². The fraction of sp³-hybridized carbons (Fsp3) is 0.800. The highest BCUT2D eigenvalue weighted by atomic mass is 32.2. The summed E-state index contributed by atoms with van der Waals surface area (Å²) in [6.07, 6.45) is -2.09. The topological polar surface area (TPSA) is 92.3 Å². The minimum absolute atomic E-state index is 0.132. The SMILES string of the molecule is CC1(S(=O)(=O)NC(=O)C2(NC=O)CC2C(F)F)CC1. The Hall–Kier alpha value is -1.25. The van der Waals surface area contributed by atoms with Crippen molar-refractivity contribution in [3.8, 4) is 0 Å². The van der Waals surface area contributed by atoms with Crippen LogP contribution in [0.2, 0.25) is 0 Å². The summed E-state index contributed by atoms with van der Waals surface area (Å²) in [5, 5.41) is 2.02. The molecule has 9 heteroatoms. The van der Waals surface area contributed by atoms with Gasteiger partial charge in [-0.3, -0.25) is 14.3 Å². The van der Waals surface area contributed by atoms with Gasteiger partial charge in [0.2, 0.25) is 22.9 Å². The van der Waals surface area contributed by atoms with Crippen LogP contribution in [-0.4, -0.2) is 37.4 Å². The van der Waals surface area contributed by atoms with E-state index in [0.717, 1.165) is 0 Å². The van der Waals surface area contributed by atoms with Crippen LogP contribution in [0.25, 0.3) is 0 Å². The molecule has 0 radical (unpaired) electrons. The highest BCUT2D eigenvalue weighted by Crippen LogP contribution is 2.48. The van der Waals surface area contributed by atoms with Crippen LogP contribution < -0.4 is 10.0 Å². The molecule has 2 unspecified atom stereocenters. The van der Waals surface area contributed by atoms with E-state index >= 15 is 0 Å². The standard InChI is InChI=1S/C10H14F2N2O4S/c1-9(2-3-9)19(17,18)14-8(16)10(13-5-15)4-6(10)7(11)12/h5-7H,2-4H2,1H3,(H,13,15)(H,14,16). The van der Waals surface area contributed by atoms with Gasteiger partial charge in [0.15, 0.2) is 0 Å². The van der Waals surface area contributed by atoms with Gasteiger partial charge in [0.05, 0.1) is 10.7 Å². The summed E-state index contributed by atoms with van der Waals surface area (Å²) in [6, 6.07) is 0. The van der Waals surface area contributed by atoms with Crippen molar-refractivity contribution < 1.29 is 26.8 Å². The molecule has 2 aliphatic carbocycles. The van der Waals surface area contributed by atoms with Crippen molar-refractivity contribution in [2.24, 2.45) is 5.92 Å². The van der Waals surface area contributed by atoms with Gasteiger partial charge < -0.3 is 5.32 Å². The lowest BCUT2D eigenvalue weighted by Crippen LogP contribution is -2.52. The second kappa shape index (κ2) is 4.12. The Morgan fingerprint density at radius 3 is 2.37 bits per heavy atom. The average Bonchev–Trinajstić information content (AvgIpc) is 3.15. The molecular weight excluding hydrogens is 282 g/mol. The highest BCUT2D eigenvalue weighted by Gasteiger charge is 2.66. The maximum Gasteiger partial charge on any atom is 0.259 e. The van der Waals surface area contributed by atoms with Crippen molar-refractivity contribution >= 4 is 22.3 Å². The third-order valence-electron chi connectivity index (χ3n) is 3.87. The zero-order valence-corrected chi connectivity index (χ0v) is 11.0. The summed E-state index contributed by atoms with van der Waals surface area (Å²) in [6.45, 7) is 1.47. The van der Waals surface area contributed by atoms with E-state index in [0.29, 0.717) is 12.8 Å². The van der Waals surface area contributed by atoms with Gasteiger partial charge >= 0.3 is 0 Å². The molecule has 2 aliphatic rings. The van der Waals surface area contributed by atoms with Gasteiger partial charge in [0, 0.05) is 0 Å². The van der Waals surface area contributed by atoms with Crippen LogP contribution >= 0.6 is 0 Å². The molecule has 2 saturated carbocycles. The van der Waals surface area contributed by atoms with Gasteiger partial charge in [-0.1, -0.05) is 0 Å². The maximum atomic E-state index is 12.6. The Bertz CT molecular complexity index is 518. The van der Waals surface area contributed by atoms with E-state index in [1.807, 2.05) is 10.0 Å². The second-order valence-corrected chi connectivity index (χ2v) is 7.46. The summed E-state index contributed by atoms with van der Waals surface area (Å²) in [5.41, 5.74) is -1.80. The number of hydrogen-bond donors (Lipinski definition) is 2. The van der Waals surface area contributed by atoms with Gasteiger partial charge in [0.1, 0.15) is 5.54 Å². The third-order valence-corrected chi connectivity index (χ3v) is 6.03. The number of hydrogen-bond acceptors (Lipinski definition) is 4. The lowest BCUT2D eigenvalue weighted by atomic mass is 10.2. The smallest absolute Gasteiger partial charge is 0.259 e. The number of amides is 2. The van der Waals surface area contributed by atoms with Crippen molar-refractivity contribution in [2.75, 3.05) is 0 Å². The number of carbonyl (C=O) groups excluding carboxylic acids is 2. The van der Waals surface area contributed by atoms with Crippen LogP contribution in [0.4, 0.5) is 8.78 Å². The van der Waals surface area contributed by atoms with E-state index in [1.165, 1.54) is 6.92 Å². The summed E-state index contributed by atoms with van der Waals surface area (Å²) in [7, 11) is -3.90. The predicted octanol–water partition coefficient (Wildman–Crippen LogP) is -0.245. The monoisotopic (exact) mass is 296 g/mol. The van der Waals surface area contributed by atoms with Crippen molar-refractivity contribution in [1.29, 1.82) is 0 Å². The molecule has 0 heterocycles. The van der Waals surface area contributed by atoms with Crippen LogP contribution in [0.3, 0.4) is 0 Å². The zero-order chi connectivity index (χ0) is 14.5. The van der Waals surface area contributed by atoms with Crippen molar-refractivity contribution in [2.45, 2.75) is 42.9 Å². The lowest BCUT2D eigenvalue weighted by molar-refractivity contribution is -0.126. The maximum absolute atomic E-state index is 12.6. The molecule has 2 atom stereocenters. The second-order valence-electron chi connectivity index (χ2n) is 5.26. The molecule has 0 saturated heterocycles. The summed E-state index contributed by atoms with van der Waals surface area (Å²) >= 11 is 0. The number of sulfonamides is 1. The Labute approximate surface area is 109 Å². The molecule has 2 N–H and O–H groups in total. The molecule has 2 rings (SSSR count). The van der Waals surface area contributed by atoms with Crippen molar-refractivity contribution in [3.63, 3.8) is 0 Å². The number of carbonyl (C=O) groups is 2. The molecule has 19 heavy (non-hydrogen) atoms. The Morgan fingerprint density at radius 1 is 1.42 bits per heavy atom. The van der Waals surface area contributed by atoms with Gasteiger partial charge in [-0.25, -0.2) is 17.2 Å². The van der Waals surface area contributed by atoms with Gasteiger partial charge in [-0.15, -0.1) is 0 Å². The van der Waals surface area contributed by atoms with E-state index in [9.17, 15) is 26.8 Å². The number of nitrogens with one attached hydrogen (secondary N) is 2. The molecule has 108 valence electrons. The molecule has 0 aromatic heterocycles. The minimum Gasteiger partial charge on any atom is -0.344 e. The normalized spacial score (nSPS) is 31.7. The fourth-order valence-electron chi connectivity index (χ4n) is 1.97. The van der Waals surface area contributed by atoms with Crippen LogP contribution in [-0.2, 0) is 19.6 Å². The first-order valence-electron chi connectivity index (χ1n) is 5.75. The van der Waals surface area contributed by atoms with E-state index in [4.69, 9.17) is 0 Å². The summed E-state index contributed by atoms with van der Waals surface area (Å²) < 4.78 is 49.7. The molecule has 0 aliphatic heterocycles. The quantitative estimate of drug-likeness (QED) is 0.661. The first-order valence-corrected chi connectivity index (χ1v) is 7.23. The predicted molar refractivity (Wildman–Crippen MR) is 60.7 cm³/mol. The zero-order valence-electron chi connectivity index (χ0n) is 10.2. The van der Waals surface area contributed by atoms with Crippen molar-refractivity contribution in [1.82, 2.24) is 10.0 Å². The number of halogens is 2. The van der Waals surface area contributed by atoms with E-state index < -0.39 is 38.6 Å². The van der Waals surface area contributed by atoms with E-state index in [-0.39, 0.29) is 12.8 Å². The van der Waals surface area contributed by atoms with Crippen LogP contribution in [0, 0.1) is 5.92 Å². The molecule has 0 aromatic rings. The number of alkyl halides is 2. The molecule has 0 spiro atoms. The molecule has 0 bridgehead atoms. The van der Waals surface area contributed by atoms with Gasteiger partial charge in [-0.05, 0) is 26.2 Å². The van der Waals surface area contributed by atoms with E-state index in [1.54, 1.807) is 0 Å². The molecule has 2 amide bonds. The Kier molecular flexibility index (Phi) is 3.07. The average molecular weight is 296 g/mol. The molecule has 0 aromatic carbocycles. The third kappa shape index (κ3) is 2.19. The Morgan fingerprint density at radius 2 is 2.00 bits per heavy atom. The van der Waals surface area contributed by atoms with Crippen LogP contribution in [0.15, 0.2) is 0 Å². The largest absolute Gasteiger partial charge is 0.344 e. The molecule has 6 nitrogen and oxygen atoms in total. The number of rotatable bonds is 6. The minimum atomic E-state index is -3.90. The first-order chi connectivity index (χ1) is 8.68. The van der Waals surface area contributed by atoms with Crippen molar-refractivity contribution in [3.05, 3.63) is 0 Å². The van der Waals surface area contributed by atoms with E-state index in [2.05, 4.69) is 0 Å². The fourth-order valence-corrected chi connectivity index (χ4v) is 3.28. The van der Waals surface area contributed by atoms with Crippen LogP contribution in [0.5, 0.6) is 0 Å². The summed E-state index contributed by atoms with van der Waals surface area (Å²) in [4.78, 5) is 22.3. The Balaban J connectivity index is 2.13. The molecule has 2 fully saturated rings. The van der Waals surface area contributed by atoms with Crippen LogP contribution in [0.1, 0.15) is 26.2 Å². The highest BCUT2D eigenvalue weighted by molar-refractivity contribution is 7.91.